The molecule has 2 rings (SSSR count). The van der Waals surface area contributed by atoms with Crippen LogP contribution in [0.2, 0.25) is 0 Å². The Hall–Kier alpha value is -2.17. The van der Waals surface area contributed by atoms with Crippen LogP contribution >= 0.6 is 0 Å². The molecule has 0 aliphatic heterocycles. The molecule has 0 aliphatic carbocycles. The van der Waals surface area contributed by atoms with Gasteiger partial charge in [-0.15, -0.1) is 0 Å². The van der Waals surface area contributed by atoms with Crippen LogP contribution in [0.25, 0.3) is 0 Å². The van der Waals surface area contributed by atoms with Crippen molar-refractivity contribution in [2.75, 3.05) is 0 Å². The first kappa shape index (κ1) is 28.9. The van der Waals surface area contributed by atoms with Crippen LogP contribution in [-0.4, -0.2) is 11.4 Å². The Kier molecular flexibility index (Phi) is 13.7. The summed E-state index contributed by atoms with van der Waals surface area (Å²) in [5.74, 6) is 6.58. The van der Waals surface area contributed by atoms with Gasteiger partial charge >= 0.3 is 0 Å². The molecule has 0 saturated heterocycles. The Morgan fingerprint density at radius 3 is 1.67 bits per heavy atom. The molecule has 0 amide bonds. The first-order chi connectivity index (χ1) is 15.6. The maximum atomic E-state index is 5.09. The molecule has 0 fully saturated rings. The zero-order valence-electron chi connectivity index (χ0n) is 21.3. The summed E-state index contributed by atoms with van der Waals surface area (Å²) in [5, 5.41) is 0. The molecule has 0 unspecified atom stereocenters. The monoisotopic (exact) mass is 486 g/mol. The summed E-state index contributed by atoms with van der Waals surface area (Å²) in [7, 11) is 0. The molecule has 0 atom stereocenters. The van der Waals surface area contributed by atoms with E-state index >= 15 is 0 Å². The van der Waals surface area contributed by atoms with Crippen molar-refractivity contribution >= 4 is 22.8 Å². The van der Waals surface area contributed by atoms with E-state index in [0.717, 1.165) is 74.2 Å². The standard InChI is InChI=1S/C30H40N2.Ni/c1-7-13-15-29(31-27-19-17-23(9-3)25(11-5)21-27)30(16-14-8-2)32-28-20-18-24(10-4)26(12-6)22-28;/h17-22H,7-13,15H2,1-6H3;. The van der Waals surface area contributed by atoms with E-state index in [0.29, 0.717) is 0 Å². The zero-order chi connectivity index (χ0) is 23.3. The third kappa shape index (κ3) is 8.60. The van der Waals surface area contributed by atoms with E-state index in [1.807, 2.05) is 0 Å². The van der Waals surface area contributed by atoms with E-state index in [-0.39, 0.29) is 16.5 Å². The first-order valence-corrected chi connectivity index (χ1v) is 12.5. The maximum absolute atomic E-state index is 5.09. The SMILES string of the molecule is CCC#CC(=Nc1ccc(CC)c(CC)c1)C(CCCC)=Nc1ccc(CC)c(CC)c1.[Ni]. The van der Waals surface area contributed by atoms with Gasteiger partial charge in [-0.2, -0.15) is 0 Å². The average molecular weight is 487 g/mol. The van der Waals surface area contributed by atoms with Crippen molar-refractivity contribution in [2.45, 2.75) is 92.9 Å². The maximum Gasteiger partial charge on any atom is 0.135 e. The third-order valence-electron chi connectivity index (χ3n) is 5.83. The molecular formula is C30H40N2Ni. The van der Waals surface area contributed by atoms with Crippen LogP contribution in [-0.2, 0) is 42.2 Å². The summed E-state index contributed by atoms with van der Waals surface area (Å²) < 4.78 is 0. The molecule has 0 heterocycles. The van der Waals surface area contributed by atoms with Crippen molar-refractivity contribution in [3.05, 3.63) is 58.7 Å². The molecule has 2 aromatic rings. The Bertz CT molecular complexity index is 1010. The fraction of sp³-hybridized carbons (Fsp3) is 0.467. The van der Waals surface area contributed by atoms with E-state index < -0.39 is 0 Å². The third-order valence-corrected chi connectivity index (χ3v) is 5.83. The van der Waals surface area contributed by atoms with E-state index in [9.17, 15) is 0 Å². The predicted molar refractivity (Wildman–Crippen MR) is 142 cm³/mol. The van der Waals surface area contributed by atoms with Crippen molar-refractivity contribution in [3.63, 3.8) is 0 Å². The number of hydrogen-bond acceptors (Lipinski definition) is 2. The smallest absolute Gasteiger partial charge is 0.135 e. The van der Waals surface area contributed by atoms with Gasteiger partial charge in [-0.1, -0.05) is 66.0 Å². The molecule has 0 bridgehead atoms. The van der Waals surface area contributed by atoms with Crippen molar-refractivity contribution in [3.8, 4) is 11.8 Å². The second-order valence-corrected chi connectivity index (χ2v) is 8.10. The molecule has 0 N–H and O–H groups in total. The minimum Gasteiger partial charge on any atom is -0.251 e. The number of benzene rings is 2. The number of unbranched alkanes of at least 4 members (excludes halogenated alkanes) is 1. The number of rotatable bonds is 10. The average Bonchev–Trinajstić information content (AvgIpc) is 2.83. The molecule has 33 heavy (non-hydrogen) atoms. The largest absolute Gasteiger partial charge is 0.251 e. The molecule has 0 spiro atoms. The van der Waals surface area contributed by atoms with Crippen LogP contribution in [0.3, 0.4) is 0 Å². The van der Waals surface area contributed by atoms with Gasteiger partial charge in [-0.25, -0.2) is 4.99 Å². The summed E-state index contributed by atoms with van der Waals surface area (Å²) in [5.41, 5.74) is 9.34. The summed E-state index contributed by atoms with van der Waals surface area (Å²) in [6.07, 6.45) is 8.03. The van der Waals surface area contributed by atoms with Crippen LogP contribution in [0.1, 0.15) is 89.5 Å². The quantitative estimate of drug-likeness (QED) is 0.183. The first-order valence-electron chi connectivity index (χ1n) is 12.5. The Morgan fingerprint density at radius 2 is 1.21 bits per heavy atom. The van der Waals surface area contributed by atoms with Crippen molar-refractivity contribution in [2.24, 2.45) is 9.98 Å². The number of aryl methyl sites for hydroxylation is 4. The van der Waals surface area contributed by atoms with Crippen molar-refractivity contribution < 1.29 is 16.5 Å². The molecule has 180 valence electrons. The van der Waals surface area contributed by atoms with Gasteiger partial charge < -0.3 is 0 Å². The van der Waals surface area contributed by atoms with Gasteiger partial charge in [0, 0.05) is 22.9 Å². The van der Waals surface area contributed by atoms with Gasteiger partial charge in [0.15, 0.2) is 0 Å². The van der Waals surface area contributed by atoms with Crippen LogP contribution in [0.4, 0.5) is 11.4 Å². The molecule has 2 aromatic carbocycles. The summed E-state index contributed by atoms with van der Waals surface area (Å²) in [6, 6.07) is 13.1. The minimum atomic E-state index is 0. The second kappa shape index (κ2) is 15.6. The van der Waals surface area contributed by atoms with Crippen LogP contribution in [0, 0.1) is 11.8 Å². The Labute approximate surface area is 212 Å². The van der Waals surface area contributed by atoms with E-state index in [1.165, 1.54) is 22.3 Å². The van der Waals surface area contributed by atoms with Crippen molar-refractivity contribution in [1.82, 2.24) is 0 Å². The number of hydrogen-bond donors (Lipinski definition) is 0. The zero-order valence-corrected chi connectivity index (χ0v) is 22.3. The van der Waals surface area contributed by atoms with Crippen LogP contribution in [0.5, 0.6) is 0 Å². The number of aliphatic imine (C=N–C) groups is 2. The molecule has 2 nitrogen and oxygen atoms in total. The minimum absolute atomic E-state index is 0. The van der Waals surface area contributed by atoms with E-state index in [1.54, 1.807) is 0 Å². The Morgan fingerprint density at radius 1 is 0.697 bits per heavy atom. The Balaban J connectivity index is 0.00000544. The molecule has 0 aliphatic rings. The molecular weight excluding hydrogens is 447 g/mol. The summed E-state index contributed by atoms with van der Waals surface area (Å²) in [6.45, 7) is 13.1. The predicted octanol–water partition coefficient (Wildman–Crippen LogP) is 8.38. The van der Waals surface area contributed by atoms with Gasteiger partial charge in [0.2, 0.25) is 0 Å². The molecule has 3 heteroatoms. The topological polar surface area (TPSA) is 24.7 Å². The van der Waals surface area contributed by atoms with E-state index in [4.69, 9.17) is 9.98 Å². The molecule has 0 aromatic heterocycles. The fourth-order valence-corrected chi connectivity index (χ4v) is 3.90. The molecule has 0 saturated carbocycles. The van der Waals surface area contributed by atoms with Crippen LogP contribution < -0.4 is 0 Å². The normalized spacial score (nSPS) is 11.6. The molecule has 0 radical (unpaired) electrons. The summed E-state index contributed by atoms with van der Waals surface area (Å²) >= 11 is 0. The van der Waals surface area contributed by atoms with E-state index in [2.05, 4.69) is 89.8 Å². The van der Waals surface area contributed by atoms with Gasteiger partial charge in [0.1, 0.15) is 5.71 Å². The van der Waals surface area contributed by atoms with Gasteiger partial charge in [-0.05, 0) is 91.0 Å². The van der Waals surface area contributed by atoms with Gasteiger partial charge in [-0.3, -0.25) is 4.99 Å². The van der Waals surface area contributed by atoms with Crippen LogP contribution in [0.15, 0.2) is 46.4 Å². The fourth-order valence-electron chi connectivity index (χ4n) is 3.90. The second-order valence-electron chi connectivity index (χ2n) is 8.10. The number of nitrogens with zero attached hydrogens (tertiary/aromatic N) is 2. The van der Waals surface area contributed by atoms with Gasteiger partial charge in [0.25, 0.3) is 0 Å². The van der Waals surface area contributed by atoms with Crippen molar-refractivity contribution in [1.29, 1.82) is 0 Å². The summed E-state index contributed by atoms with van der Waals surface area (Å²) in [4.78, 5) is 10.1. The van der Waals surface area contributed by atoms with Gasteiger partial charge in [0.05, 0.1) is 17.1 Å².